The van der Waals surface area contributed by atoms with Gasteiger partial charge in [0.2, 0.25) is 0 Å². The highest BCUT2D eigenvalue weighted by Crippen LogP contribution is 2.13. The Hall–Kier alpha value is -2.15. The average Bonchev–Trinajstić information content (AvgIpc) is 2.48. The Kier molecular flexibility index (Phi) is 4.52. The molecule has 1 fully saturated rings. The number of urea groups is 1. The number of aliphatic carboxylic acids is 1. The van der Waals surface area contributed by atoms with Gasteiger partial charge in [-0.1, -0.05) is 6.07 Å². The van der Waals surface area contributed by atoms with Crippen molar-refractivity contribution < 1.29 is 19.4 Å². The van der Waals surface area contributed by atoms with Crippen molar-refractivity contribution >= 4 is 12.0 Å². The molecule has 0 spiro atoms. The third-order valence-electron chi connectivity index (χ3n) is 3.20. The molecule has 2 N–H and O–H groups in total. The third-order valence-corrected chi connectivity index (χ3v) is 3.20. The van der Waals surface area contributed by atoms with Crippen molar-refractivity contribution in [1.82, 2.24) is 15.2 Å². The number of pyridine rings is 1. The Balaban J connectivity index is 2.01. The quantitative estimate of drug-likeness (QED) is 0.847. The van der Waals surface area contributed by atoms with Gasteiger partial charge in [-0.05, 0) is 18.6 Å². The fourth-order valence-corrected chi connectivity index (χ4v) is 2.03. The van der Waals surface area contributed by atoms with Gasteiger partial charge in [-0.2, -0.15) is 0 Å². The van der Waals surface area contributed by atoms with Gasteiger partial charge in [-0.15, -0.1) is 0 Å². The summed E-state index contributed by atoms with van der Waals surface area (Å²) in [7, 11) is 0. The number of hydrogen-bond donors (Lipinski definition) is 2. The van der Waals surface area contributed by atoms with Gasteiger partial charge < -0.3 is 20.1 Å². The zero-order valence-electron chi connectivity index (χ0n) is 11.2. The molecule has 2 amide bonds. The van der Waals surface area contributed by atoms with Gasteiger partial charge in [0.05, 0.1) is 19.3 Å². The van der Waals surface area contributed by atoms with E-state index in [1.165, 1.54) is 4.90 Å². The largest absolute Gasteiger partial charge is 0.480 e. The van der Waals surface area contributed by atoms with Crippen LogP contribution in [0.25, 0.3) is 0 Å². The maximum absolute atomic E-state index is 12.2. The predicted octanol–water partition coefficient (Wildman–Crippen LogP) is 0.638. The number of morpholine rings is 1. The number of carbonyl (C=O) groups excluding carboxylic acids is 1. The summed E-state index contributed by atoms with van der Waals surface area (Å²) in [4.78, 5) is 28.6. The summed E-state index contributed by atoms with van der Waals surface area (Å²) in [5.41, 5.74) is 0.862. The Morgan fingerprint density at radius 3 is 3.05 bits per heavy atom. The third kappa shape index (κ3) is 3.24. The number of carbonyl (C=O) groups is 2. The van der Waals surface area contributed by atoms with Crippen molar-refractivity contribution in [1.29, 1.82) is 0 Å². The minimum atomic E-state index is -1.06. The molecule has 2 unspecified atom stereocenters. The number of rotatable bonds is 3. The number of carboxylic acids is 1. The van der Waals surface area contributed by atoms with E-state index in [-0.39, 0.29) is 19.2 Å². The van der Waals surface area contributed by atoms with Crippen molar-refractivity contribution in [2.75, 3.05) is 19.8 Å². The van der Waals surface area contributed by atoms with E-state index in [9.17, 15) is 9.59 Å². The first kappa shape index (κ1) is 14.3. The monoisotopic (exact) mass is 279 g/mol. The predicted molar refractivity (Wildman–Crippen MR) is 70.1 cm³/mol. The molecule has 2 heterocycles. The van der Waals surface area contributed by atoms with Crippen LogP contribution in [0.1, 0.15) is 18.5 Å². The standard InChI is InChI=1S/C13H17N3O4/c1-9(10-3-2-4-14-7-10)15-13(19)16-5-6-20-8-11(16)12(17)18/h2-4,7,9,11H,5-6,8H2,1H3,(H,15,19)(H,17,18). The van der Waals surface area contributed by atoms with Crippen molar-refractivity contribution in [3.05, 3.63) is 30.1 Å². The molecule has 0 saturated carbocycles. The normalized spacial score (nSPS) is 20.2. The molecule has 1 aliphatic rings. The van der Waals surface area contributed by atoms with Gasteiger partial charge in [-0.25, -0.2) is 9.59 Å². The summed E-state index contributed by atoms with van der Waals surface area (Å²) in [5, 5.41) is 11.9. The van der Waals surface area contributed by atoms with Crippen LogP contribution in [0.4, 0.5) is 4.79 Å². The molecular weight excluding hydrogens is 262 g/mol. The van der Waals surface area contributed by atoms with Gasteiger partial charge in [0.15, 0.2) is 6.04 Å². The van der Waals surface area contributed by atoms with Gasteiger partial charge in [0.25, 0.3) is 0 Å². The van der Waals surface area contributed by atoms with E-state index in [4.69, 9.17) is 9.84 Å². The molecule has 2 rings (SSSR count). The minimum absolute atomic E-state index is 0.0179. The summed E-state index contributed by atoms with van der Waals surface area (Å²) >= 11 is 0. The van der Waals surface area contributed by atoms with E-state index in [0.717, 1.165) is 5.56 Å². The maximum Gasteiger partial charge on any atom is 0.328 e. The fraction of sp³-hybridized carbons (Fsp3) is 0.462. The number of nitrogens with zero attached hydrogens (tertiary/aromatic N) is 2. The highest BCUT2D eigenvalue weighted by molar-refractivity contribution is 5.83. The highest BCUT2D eigenvalue weighted by Gasteiger charge is 2.33. The molecule has 1 aliphatic heterocycles. The Labute approximate surface area is 116 Å². The van der Waals surface area contributed by atoms with E-state index in [1.54, 1.807) is 18.5 Å². The summed E-state index contributed by atoms with van der Waals surface area (Å²) < 4.78 is 5.10. The summed E-state index contributed by atoms with van der Waals surface area (Å²) in [6.07, 6.45) is 3.32. The van der Waals surface area contributed by atoms with Crippen molar-refractivity contribution in [2.45, 2.75) is 19.0 Å². The van der Waals surface area contributed by atoms with E-state index >= 15 is 0 Å². The molecule has 7 heteroatoms. The second-order valence-electron chi connectivity index (χ2n) is 4.58. The van der Waals surface area contributed by atoms with Crippen molar-refractivity contribution in [2.24, 2.45) is 0 Å². The van der Waals surface area contributed by atoms with Gasteiger partial charge in [-0.3, -0.25) is 4.98 Å². The topological polar surface area (TPSA) is 91.8 Å². The van der Waals surface area contributed by atoms with Gasteiger partial charge >= 0.3 is 12.0 Å². The molecule has 0 bridgehead atoms. The average molecular weight is 279 g/mol. The molecule has 0 aliphatic carbocycles. The molecule has 0 aromatic carbocycles. The lowest BCUT2D eigenvalue weighted by atomic mass is 10.1. The number of ether oxygens (including phenoxy) is 1. The summed E-state index contributed by atoms with van der Waals surface area (Å²) in [6, 6.07) is 2.05. The molecular formula is C13H17N3O4. The van der Waals surface area contributed by atoms with E-state index in [0.29, 0.717) is 6.61 Å². The van der Waals surface area contributed by atoms with Crippen LogP contribution in [-0.2, 0) is 9.53 Å². The first-order chi connectivity index (χ1) is 9.59. The van der Waals surface area contributed by atoms with Crippen molar-refractivity contribution in [3.8, 4) is 0 Å². The Morgan fingerprint density at radius 2 is 2.40 bits per heavy atom. The number of nitrogens with one attached hydrogen (secondary N) is 1. The van der Waals surface area contributed by atoms with E-state index < -0.39 is 18.0 Å². The lowest BCUT2D eigenvalue weighted by Gasteiger charge is -2.33. The van der Waals surface area contributed by atoms with Crippen LogP contribution in [0, 0.1) is 0 Å². The van der Waals surface area contributed by atoms with Crippen LogP contribution in [0.15, 0.2) is 24.5 Å². The lowest BCUT2D eigenvalue weighted by Crippen LogP contribution is -2.55. The Bertz CT molecular complexity index is 480. The maximum atomic E-state index is 12.2. The second kappa shape index (κ2) is 6.33. The summed E-state index contributed by atoms with van der Waals surface area (Å²) in [5.74, 6) is -1.06. The molecule has 108 valence electrons. The van der Waals surface area contributed by atoms with Gasteiger partial charge in [0, 0.05) is 18.9 Å². The van der Waals surface area contributed by atoms with E-state index in [1.807, 2.05) is 13.0 Å². The zero-order valence-corrected chi connectivity index (χ0v) is 11.2. The lowest BCUT2D eigenvalue weighted by molar-refractivity contribution is -0.147. The van der Waals surface area contributed by atoms with E-state index in [2.05, 4.69) is 10.3 Å². The van der Waals surface area contributed by atoms with Crippen LogP contribution in [0.3, 0.4) is 0 Å². The van der Waals surface area contributed by atoms with Crippen LogP contribution in [0.2, 0.25) is 0 Å². The number of aromatic nitrogens is 1. The van der Waals surface area contributed by atoms with Crippen LogP contribution < -0.4 is 5.32 Å². The molecule has 1 aromatic rings. The van der Waals surface area contributed by atoms with Gasteiger partial charge in [0.1, 0.15) is 0 Å². The molecule has 0 radical (unpaired) electrons. The number of amides is 2. The Morgan fingerprint density at radius 1 is 1.60 bits per heavy atom. The van der Waals surface area contributed by atoms with Crippen molar-refractivity contribution in [3.63, 3.8) is 0 Å². The minimum Gasteiger partial charge on any atom is -0.480 e. The molecule has 20 heavy (non-hydrogen) atoms. The van der Waals surface area contributed by atoms with Crippen LogP contribution in [0.5, 0.6) is 0 Å². The smallest absolute Gasteiger partial charge is 0.328 e. The first-order valence-corrected chi connectivity index (χ1v) is 6.37. The second-order valence-corrected chi connectivity index (χ2v) is 4.58. The molecule has 2 atom stereocenters. The first-order valence-electron chi connectivity index (χ1n) is 6.37. The fourth-order valence-electron chi connectivity index (χ4n) is 2.03. The van der Waals surface area contributed by atoms with Crippen LogP contribution >= 0.6 is 0 Å². The molecule has 7 nitrogen and oxygen atoms in total. The highest BCUT2D eigenvalue weighted by atomic mass is 16.5. The van der Waals surface area contributed by atoms with Crippen LogP contribution in [-0.4, -0.2) is 52.8 Å². The SMILES string of the molecule is CC(NC(=O)N1CCOCC1C(=O)O)c1cccnc1. The number of carboxylic acid groups (broad SMARTS) is 1. The summed E-state index contributed by atoms with van der Waals surface area (Å²) in [6.45, 7) is 2.45. The molecule has 1 saturated heterocycles. The zero-order chi connectivity index (χ0) is 14.5. The molecule has 1 aromatic heterocycles. The number of hydrogen-bond acceptors (Lipinski definition) is 4.